The van der Waals surface area contributed by atoms with Gasteiger partial charge in [-0.1, -0.05) is 0 Å². The first-order valence-corrected chi connectivity index (χ1v) is 6.44. The minimum absolute atomic E-state index is 0.794. The first-order chi connectivity index (χ1) is 8.28. The van der Waals surface area contributed by atoms with Crippen LogP contribution in [0.1, 0.15) is 16.7 Å². The Balaban J connectivity index is 1.96. The van der Waals surface area contributed by atoms with Gasteiger partial charge in [-0.15, -0.1) is 11.3 Å². The highest BCUT2D eigenvalue weighted by molar-refractivity contribution is 7.11. The molecule has 0 amide bonds. The van der Waals surface area contributed by atoms with Crippen molar-refractivity contribution in [2.75, 3.05) is 17.2 Å². The maximum Gasteiger partial charge on any atom is 0.147 e. The number of rotatable bonds is 5. The third-order valence-electron chi connectivity index (χ3n) is 2.23. The second-order valence-corrected chi connectivity index (χ2v) is 5.06. The summed E-state index contributed by atoms with van der Waals surface area (Å²) in [6, 6.07) is 4.26. The van der Waals surface area contributed by atoms with Crippen LogP contribution in [0.15, 0.2) is 24.5 Å². The maximum atomic E-state index is 4.40. The van der Waals surface area contributed by atoms with Gasteiger partial charge in [0.05, 0.1) is 18.9 Å². The number of aryl methyl sites for hydroxylation is 1. The molecule has 2 aromatic rings. The summed E-state index contributed by atoms with van der Waals surface area (Å²) in [5.41, 5.74) is 0. The summed E-state index contributed by atoms with van der Waals surface area (Å²) in [6.07, 6.45) is 3.46. The highest BCUT2D eigenvalue weighted by atomic mass is 32.1. The summed E-state index contributed by atoms with van der Waals surface area (Å²) in [5.74, 6) is 1.61. The molecular formula is C12H16N4S. The predicted octanol–water partition coefficient (Wildman–Crippen LogP) is 2.89. The van der Waals surface area contributed by atoms with Crippen molar-refractivity contribution in [3.8, 4) is 0 Å². The molecule has 2 N–H and O–H groups in total. The summed E-state index contributed by atoms with van der Waals surface area (Å²) in [7, 11) is 0. The molecule has 0 bridgehead atoms. The average molecular weight is 248 g/mol. The van der Waals surface area contributed by atoms with Gasteiger partial charge in [-0.3, -0.25) is 4.98 Å². The van der Waals surface area contributed by atoms with Crippen molar-refractivity contribution in [1.29, 1.82) is 0 Å². The van der Waals surface area contributed by atoms with E-state index in [-0.39, 0.29) is 0 Å². The van der Waals surface area contributed by atoms with Gasteiger partial charge in [-0.05, 0) is 26.0 Å². The van der Waals surface area contributed by atoms with E-state index in [4.69, 9.17) is 0 Å². The lowest BCUT2D eigenvalue weighted by Gasteiger charge is -2.06. The molecule has 0 aliphatic rings. The molecule has 0 aliphatic carbocycles. The van der Waals surface area contributed by atoms with Crippen molar-refractivity contribution < 1.29 is 0 Å². The second-order valence-electron chi connectivity index (χ2n) is 3.69. The molecule has 5 heteroatoms. The normalized spacial score (nSPS) is 10.2. The molecule has 0 aliphatic heterocycles. The lowest BCUT2D eigenvalue weighted by Crippen LogP contribution is -2.04. The standard InChI is InChI=1S/C12H16N4S/c1-3-14-11-7-13-8-12(16-11)15-6-10-5-4-9(2)17-10/h4-5,7-8H,3,6H2,1-2H3,(H2,14,15,16). The number of thiophene rings is 1. The van der Waals surface area contributed by atoms with E-state index in [0.29, 0.717) is 0 Å². The zero-order valence-corrected chi connectivity index (χ0v) is 10.8. The maximum absolute atomic E-state index is 4.40. The molecule has 0 atom stereocenters. The predicted molar refractivity (Wildman–Crippen MR) is 72.6 cm³/mol. The minimum Gasteiger partial charge on any atom is -0.369 e. The van der Waals surface area contributed by atoms with Gasteiger partial charge in [-0.25, -0.2) is 4.98 Å². The number of nitrogens with zero attached hydrogens (tertiary/aromatic N) is 2. The van der Waals surface area contributed by atoms with Crippen LogP contribution < -0.4 is 10.6 Å². The van der Waals surface area contributed by atoms with Crippen molar-refractivity contribution >= 4 is 23.0 Å². The van der Waals surface area contributed by atoms with E-state index in [9.17, 15) is 0 Å². The third-order valence-corrected chi connectivity index (χ3v) is 3.23. The smallest absolute Gasteiger partial charge is 0.147 e. The fourth-order valence-electron chi connectivity index (χ4n) is 1.48. The molecule has 0 fully saturated rings. The molecule has 0 spiro atoms. The highest BCUT2D eigenvalue weighted by Gasteiger charge is 1.99. The highest BCUT2D eigenvalue weighted by Crippen LogP contribution is 2.16. The van der Waals surface area contributed by atoms with E-state index in [2.05, 4.69) is 39.7 Å². The lowest BCUT2D eigenvalue weighted by molar-refractivity contribution is 1.08. The van der Waals surface area contributed by atoms with E-state index in [0.717, 1.165) is 24.7 Å². The van der Waals surface area contributed by atoms with Gasteiger partial charge in [0.1, 0.15) is 11.6 Å². The third kappa shape index (κ3) is 3.42. The quantitative estimate of drug-likeness (QED) is 0.854. The molecule has 2 heterocycles. The average Bonchev–Trinajstić information content (AvgIpc) is 2.74. The minimum atomic E-state index is 0.794. The van der Waals surface area contributed by atoms with E-state index < -0.39 is 0 Å². The van der Waals surface area contributed by atoms with Gasteiger partial charge in [0.25, 0.3) is 0 Å². The Morgan fingerprint density at radius 1 is 1.18 bits per heavy atom. The molecular weight excluding hydrogens is 232 g/mol. The van der Waals surface area contributed by atoms with Gasteiger partial charge in [0.15, 0.2) is 0 Å². The van der Waals surface area contributed by atoms with Crippen LogP contribution in [0.3, 0.4) is 0 Å². The van der Waals surface area contributed by atoms with E-state index in [1.165, 1.54) is 9.75 Å². The fourth-order valence-corrected chi connectivity index (χ4v) is 2.31. The van der Waals surface area contributed by atoms with Crippen molar-refractivity contribution in [1.82, 2.24) is 9.97 Å². The number of anilines is 2. The van der Waals surface area contributed by atoms with Crippen LogP contribution in [0, 0.1) is 6.92 Å². The van der Waals surface area contributed by atoms with Crippen LogP contribution in [0.4, 0.5) is 11.6 Å². The van der Waals surface area contributed by atoms with Crippen LogP contribution in [-0.2, 0) is 6.54 Å². The lowest BCUT2D eigenvalue weighted by atomic mass is 10.4. The topological polar surface area (TPSA) is 49.8 Å². The number of nitrogens with one attached hydrogen (secondary N) is 2. The number of aromatic nitrogens is 2. The van der Waals surface area contributed by atoms with Crippen LogP contribution in [0.25, 0.3) is 0 Å². The summed E-state index contributed by atoms with van der Waals surface area (Å²) >= 11 is 1.80. The van der Waals surface area contributed by atoms with Crippen LogP contribution in [-0.4, -0.2) is 16.5 Å². The molecule has 90 valence electrons. The molecule has 0 aromatic carbocycles. The summed E-state index contributed by atoms with van der Waals surface area (Å²) in [5, 5.41) is 6.41. The van der Waals surface area contributed by atoms with Gasteiger partial charge in [0.2, 0.25) is 0 Å². The van der Waals surface area contributed by atoms with Crippen LogP contribution in [0.2, 0.25) is 0 Å². The molecule has 0 radical (unpaired) electrons. The largest absolute Gasteiger partial charge is 0.369 e. The Morgan fingerprint density at radius 3 is 2.59 bits per heavy atom. The fraction of sp³-hybridized carbons (Fsp3) is 0.333. The van der Waals surface area contributed by atoms with Crippen molar-refractivity contribution in [2.24, 2.45) is 0 Å². The summed E-state index contributed by atoms with van der Waals surface area (Å²) in [4.78, 5) is 11.2. The monoisotopic (exact) mass is 248 g/mol. The van der Waals surface area contributed by atoms with Crippen LogP contribution in [0.5, 0.6) is 0 Å². The zero-order valence-electron chi connectivity index (χ0n) is 10.0. The first kappa shape index (κ1) is 11.9. The Hall–Kier alpha value is -1.62. The van der Waals surface area contributed by atoms with Gasteiger partial charge in [-0.2, -0.15) is 0 Å². The SMILES string of the molecule is CCNc1cncc(NCc2ccc(C)s2)n1. The second kappa shape index (κ2) is 5.63. The summed E-state index contributed by atoms with van der Waals surface area (Å²) < 4.78 is 0. The molecule has 0 saturated carbocycles. The summed E-state index contributed by atoms with van der Waals surface area (Å²) in [6.45, 7) is 5.79. The number of hydrogen-bond acceptors (Lipinski definition) is 5. The molecule has 2 rings (SSSR count). The van der Waals surface area contributed by atoms with Gasteiger partial charge < -0.3 is 10.6 Å². The Kier molecular flexibility index (Phi) is 3.93. The Labute approximate surface area is 105 Å². The molecule has 4 nitrogen and oxygen atoms in total. The van der Waals surface area contributed by atoms with Crippen LogP contribution >= 0.6 is 11.3 Å². The Morgan fingerprint density at radius 2 is 1.94 bits per heavy atom. The zero-order chi connectivity index (χ0) is 12.1. The molecule has 0 unspecified atom stereocenters. The van der Waals surface area contributed by atoms with Crippen molar-refractivity contribution in [3.05, 3.63) is 34.3 Å². The van der Waals surface area contributed by atoms with Gasteiger partial charge >= 0.3 is 0 Å². The van der Waals surface area contributed by atoms with E-state index >= 15 is 0 Å². The van der Waals surface area contributed by atoms with Crippen molar-refractivity contribution in [2.45, 2.75) is 20.4 Å². The molecule has 17 heavy (non-hydrogen) atoms. The number of hydrogen-bond donors (Lipinski definition) is 2. The molecule has 0 saturated heterocycles. The first-order valence-electron chi connectivity index (χ1n) is 5.63. The van der Waals surface area contributed by atoms with Crippen molar-refractivity contribution in [3.63, 3.8) is 0 Å². The van der Waals surface area contributed by atoms with E-state index in [1.807, 2.05) is 6.92 Å². The van der Waals surface area contributed by atoms with E-state index in [1.54, 1.807) is 23.7 Å². The molecule has 2 aromatic heterocycles. The van der Waals surface area contributed by atoms with Gasteiger partial charge in [0, 0.05) is 16.3 Å². The Bertz CT molecular complexity index is 481.